The molecule has 0 spiro atoms. The third kappa shape index (κ3) is 7.70. The molecule has 1 amide bonds. The minimum atomic E-state index is -0.912. The van der Waals surface area contributed by atoms with E-state index < -0.39 is 12.1 Å². The molecule has 30 heavy (non-hydrogen) atoms. The van der Waals surface area contributed by atoms with Gasteiger partial charge in [0.05, 0.1) is 0 Å². The second-order valence-corrected chi connectivity index (χ2v) is 7.16. The Kier molecular flexibility index (Phi) is 9.06. The SMILES string of the molecule is CCC(=O)c1ccc(OCC(=O)O[C@@H](C)C(=O)N[C@H](C)CCc2ccccc2)cc1. The van der Waals surface area contributed by atoms with Gasteiger partial charge in [-0.3, -0.25) is 9.59 Å². The fourth-order valence-electron chi connectivity index (χ4n) is 2.83. The smallest absolute Gasteiger partial charge is 0.344 e. The largest absolute Gasteiger partial charge is 0.482 e. The summed E-state index contributed by atoms with van der Waals surface area (Å²) in [7, 11) is 0. The molecule has 0 saturated heterocycles. The van der Waals surface area contributed by atoms with Crippen LogP contribution in [0, 0.1) is 0 Å². The van der Waals surface area contributed by atoms with E-state index in [0.717, 1.165) is 12.8 Å². The van der Waals surface area contributed by atoms with Crippen molar-refractivity contribution in [2.24, 2.45) is 0 Å². The second kappa shape index (κ2) is 11.8. The molecule has 0 saturated carbocycles. The summed E-state index contributed by atoms with van der Waals surface area (Å²) in [6, 6.07) is 16.6. The topological polar surface area (TPSA) is 81.7 Å². The Balaban J connectivity index is 1.71. The number of hydrogen-bond donors (Lipinski definition) is 1. The lowest BCUT2D eigenvalue weighted by Crippen LogP contribution is -2.41. The van der Waals surface area contributed by atoms with Crippen LogP contribution in [0.3, 0.4) is 0 Å². The van der Waals surface area contributed by atoms with Gasteiger partial charge in [0.25, 0.3) is 5.91 Å². The number of ether oxygens (including phenoxy) is 2. The van der Waals surface area contributed by atoms with Crippen molar-refractivity contribution < 1.29 is 23.9 Å². The first kappa shape index (κ1) is 23.1. The molecule has 6 nitrogen and oxygen atoms in total. The quantitative estimate of drug-likeness (QED) is 0.450. The summed E-state index contributed by atoms with van der Waals surface area (Å²) >= 11 is 0. The summed E-state index contributed by atoms with van der Waals surface area (Å²) in [6.07, 6.45) is 1.16. The van der Waals surface area contributed by atoms with Gasteiger partial charge in [-0.2, -0.15) is 0 Å². The van der Waals surface area contributed by atoms with E-state index in [1.807, 2.05) is 37.3 Å². The monoisotopic (exact) mass is 411 g/mol. The zero-order chi connectivity index (χ0) is 21.9. The number of ketones is 1. The molecule has 0 heterocycles. The zero-order valence-electron chi connectivity index (χ0n) is 17.7. The molecule has 2 rings (SSSR count). The number of carbonyl (C=O) groups is 3. The van der Waals surface area contributed by atoms with E-state index in [-0.39, 0.29) is 24.3 Å². The van der Waals surface area contributed by atoms with Crippen LogP contribution in [0.2, 0.25) is 0 Å². The highest BCUT2D eigenvalue weighted by molar-refractivity contribution is 5.95. The lowest BCUT2D eigenvalue weighted by molar-refractivity contribution is -0.156. The Labute approximate surface area is 177 Å². The van der Waals surface area contributed by atoms with Crippen molar-refractivity contribution >= 4 is 17.7 Å². The molecule has 2 atom stereocenters. The maximum Gasteiger partial charge on any atom is 0.344 e. The fourth-order valence-corrected chi connectivity index (χ4v) is 2.83. The van der Waals surface area contributed by atoms with Crippen molar-refractivity contribution in [3.8, 4) is 5.75 Å². The average molecular weight is 411 g/mol. The van der Waals surface area contributed by atoms with Gasteiger partial charge in [0.1, 0.15) is 5.75 Å². The minimum Gasteiger partial charge on any atom is -0.482 e. The van der Waals surface area contributed by atoms with Crippen LogP contribution >= 0.6 is 0 Å². The molecule has 1 N–H and O–H groups in total. The number of esters is 1. The molecule has 0 aliphatic carbocycles. The van der Waals surface area contributed by atoms with Gasteiger partial charge < -0.3 is 14.8 Å². The standard InChI is InChI=1S/C24H29NO5/c1-4-22(26)20-12-14-21(15-13-20)29-16-23(27)30-18(3)24(28)25-17(2)10-11-19-8-6-5-7-9-19/h5-9,12-15,17-18H,4,10-11,16H2,1-3H3,(H,25,28)/t17-,18+/m1/s1. The summed E-state index contributed by atoms with van der Waals surface area (Å²) in [4.78, 5) is 35.8. The predicted molar refractivity (Wildman–Crippen MR) is 114 cm³/mol. The highest BCUT2D eigenvalue weighted by atomic mass is 16.6. The van der Waals surface area contributed by atoms with Gasteiger partial charge in [-0.1, -0.05) is 37.3 Å². The molecule has 0 fully saturated rings. The summed E-state index contributed by atoms with van der Waals surface area (Å²) in [5.74, 6) is -0.486. The van der Waals surface area contributed by atoms with Crippen LogP contribution in [0.5, 0.6) is 5.75 Å². The number of Topliss-reactive ketones (excluding diaryl/α,β-unsaturated/α-hetero) is 1. The Hall–Kier alpha value is -3.15. The minimum absolute atomic E-state index is 0.0405. The molecule has 2 aromatic rings. The third-order valence-corrected chi connectivity index (χ3v) is 4.63. The first-order chi connectivity index (χ1) is 14.4. The highest BCUT2D eigenvalue weighted by Crippen LogP contribution is 2.13. The van der Waals surface area contributed by atoms with Gasteiger partial charge >= 0.3 is 5.97 Å². The predicted octanol–water partition coefficient (Wildman–Crippen LogP) is 3.73. The van der Waals surface area contributed by atoms with Crippen molar-refractivity contribution in [1.82, 2.24) is 5.32 Å². The first-order valence-electron chi connectivity index (χ1n) is 10.2. The lowest BCUT2D eigenvalue weighted by Gasteiger charge is -2.18. The number of hydrogen-bond acceptors (Lipinski definition) is 5. The summed E-state index contributed by atoms with van der Waals surface area (Å²) < 4.78 is 10.5. The molecule has 0 bridgehead atoms. The summed E-state index contributed by atoms with van der Waals surface area (Å²) in [5.41, 5.74) is 1.81. The zero-order valence-corrected chi connectivity index (χ0v) is 17.7. The fraction of sp³-hybridized carbons (Fsp3) is 0.375. The normalized spacial score (nSPS) is 12.5. The van der Waals surface area contributed by atoms with Crippen molar-refractivity contribution in [1.29, 1.82) is 0 Å². The molecule has 0 aromatic heterocycles. The molecule has 0 aliphatic heterocycles. The molecular weight excluding hydrogens is 382 g/mol. The molecule has 0 aliphatic rings. The van der Waals surface area contributed by atoms with Crippen LogP contribution in [-0.4, -0.2) is 36.4 Å². The van der Waals surface area contributed by atoms with Crippen LogP contribution in [0.4, 0.5) is 0 Å². The Morgan fingerprint density at radius 1 is 0.967 bits per heavy atom. The van der Waals surface area contributed by atoms with Crippen LogP contribution in [0.15, 0.2) is 54.6 Å². The van der Waals surface area contributed by atoms with Gasteiger partial charge in [-0.05, 0) is 56.5 Å². The third-order valence-electron chi connectivity index (χ3n) is 4.63. The number of rotatable bonds is 11. The van der Waals surface area contributed by atoms with E-state index in [0.29, 0.717) is 17.7 Å². The second-order valence-electron chi connectivity index (χ2n) is 7.16. The molecule has 0 radical (unpaired) electrons. The van der Waals surface area contributed by atoms with E-state index in [4.69, 9.17) is 9.47 Å². The van der Waals surface area contributed by atoms with E-state index in [1.165, 1.54) is 12.5 Å². The number of nitrogens with one attached hydrogen (secondary N) is 1. The van der Waals surface area contributed by atoms with Crippen molar-refractivity contribution in [2.75, 3.05) is 6.61 Å². The molecular formula is C24H29NO5. The van der Waals surface area contributed by atoms with Gasteiger partial charge in [0.15, 0.2) is 18.5 Å². The van der Waals surface area contributed by atoms with Crippen molar-refractivity contribution in [3.05, 3.63) is 65.7 Å². The molecule has 6 heteroatoms. The Morgan fingerprint density at radius 2 is 1.63 bits per heavy atom. The lowest BCUT2D eigenvalue weighted by atomic mass is 10.1. The van der Waals surface area contributed by atoms with Crippen LogP contribution in [0.25, 0.3) is 0 Å². The van der Waals surface area contributed by atoms with Crippen LogP contribution in [0.1, 0.15) is 49.5 Å². The number of amides is 1. The molecule has 2 aromatic carbocycles. The molecule has 0 unspecified atom stereocenters. The van der Waals surface area contributed by atoms with Crippen LogP contribution < -0.4 is 10.1 Å². The van der Waals surface area contributed by atoms with E-state index in [2.05, 4.69) is 5.32 Å². The Bertz CT molecular complexity index is 832. The van der Waals surface area contributed by atoms with E-state index >= 15 is 0 Å². The van der Waals surface area contributed by atoms with Gasteiger partial charge in [0.2, 0.25) is 0 Å². The van der Waals surface area contributed by atoms with E-state index in [9.17, 15) is 14.4 Å². The maximum atomic E-state index is 12.2. The van der Waals surface area contributed by atoms with Crippen LogP contribution in [-0.2, 0) is 20.7 Å². The van der Waals surface area contributed by atoms with Gasteiger partial charge in [-0.15, -0.1) is 0 Å². The highest BCUT2D eigenvalue weighted by Gasteiger charge is 2.19. The first-order valence-corrected chi connectivity index (χ1v) is 10.2. The molecule has 160 valence electrons. The van der Waals surface area contributed by atoms with E-state index in [1.54, 1.807) is 31.2 Å². The summed E-state index contributed by atoms with van der Waals surface area (Å²) in [5, 5.41) is 2.86. The number of benzene rings is 2. The van der Waals surface area contributed by atoms with Crippen molar-refractivity contribution in [3.63, 3.8) is 0 Å². The average Bonchev–Trinajstić information content (AvgIpc) is 2.76. The maximum absolute atomic E-state index is 12.2. The number of carbonyl (C=O) groups excluding carboxylic acids is 3. The van der Waals surface area contributed by atoms with Gasteiger partial charge in [-0.25, -0.2) is 4.79 Å². The Morgan fingerprint density at radius 3 is 2.27 bits per heavy atom. The summed E-state index contributed by atoms with van der Waals surface area (Å²) in [6.45, 7) is 4.93. The van der Waals surface area contributed by atoms with Gasteiger partial charge in [0, 0.05) is 18.0 Å². The number of aryl methyl sites for hydroxylation is 1. The van der Waals surface area contributed by atoms with Crippen molar-refractivity contribution in [2.45, 2.75) is 52.2 Å².